The molecule has 34 heavy (non-hydrogen) atoms. The predicted octanol–water partition coefficient (Wildman–Crippen LogP) is 5.11. The van der Waals surface area contributed by atoms with Gasteiger partial charge in [-0.1, -0.05) is 46.3 Å². The van der Waals surface area contributed by atoms with E-state index in [9.17, 15) is 4.79 Å². The van der Waals surface area contributed by atoms with Crippen LogP contribution in [0.1, 0.15) is 39.2 Å². The maximum atomic E-state index is 13.1. The van der Waals surface area contributed by atoms with E-state index in [2.05, 4.69) is 31.5 Å². The van der Waals surface area contributed by atoms with Crippen molar-refractivity contribution in [2.24, 2.45) is 7.05 Å². The highest BCUT2D eigenvalue weighted by Gasteiger charge is 2.27. The summed E-state index contributed by atoms with van der Waals surface area (Å²) < 4.78 is 2.70. The van der Waals surface area contributed by atoms with Gasteiger partial charge in [0.1, 0.15) is 11.4 Å². The Morgan fingerprint density at radius 3 is 2.74 bits per heavy atom. The number of rotatable bonds is 5. The van der Waals surface area contributed by atoms with Crippen LogP contribution in [-0.2, 0) is 26.4 Å². The zero-order valence-electron chi connectivity index (χ0n) is 19.1. The Hall–Kier alpha value is -3.52. The Balaban J connectivity index is 1.46. The van der Waals surface area contributed by atoms with Gasteiger partial charge in [0.2, 0.25) is 5.95 Å². The second-order valence-corrected chi connectivity index (χ2v) is 9.39. The van der Waals surface area contributed by atoms with Crippen LogP contribution >= 0.6 is 15.9 Å². The molecule has 0 aliphatic heterocycles. The molecular weight excluding hydrogens is 492 g/mol. The van der Waals surface area contributed by atoms with E-state index in [0.29, 0.717) is 18.2 Å². The Labute approximate surface area is 206 Å². The molecule has 2 aromatic heterocycles. The van der Waals surface area contributed by atoms with Gasteiger partial charge in [0.05, 0.1) is 5.69 Å². The number of amides is 1. The van der Waals surface area contributed by atoms with Gasteiger partial charge in [0, 0.05) is 35.5 Å². The molecule has 1 aliphatic carbocycles. The topological polar surface area (TPSA) is 84.7 Å². The van der Waals surface area contributed by atoms with E-state index in [-0.39, 0.29) is 5.91 Å². The molecular formula is C26H25BrN6O. The van der Waals surface area contributed by atoms with Crippen LogP contribution in [0.2, 0.25) is 0 Å². The van der Waals surface area contributed by atoms with Crippen molar-refractivity contribution in [3.8, 4) is 11.4 Å². The average Bonchev–Trinajstić information content (AvgIpc) is 3.06. The number of nitrogens with one attached hydrogen (secondary N) is 2. The number of carbonyl (C=O) groups excluding carboxylic acids is 1. The number of benzene rings is 2. The maximum absolute atomic E-state index is 13.1. The van der Waals surface area contributed by atoms with Crippen LogP contribution in [0.4, 0.5) is 11.6 Å². The highest BCUT2D eigenvalue weighted by atomic mass is 79.9. The normalized spacial score (nSPS) is 12.4. The number of hydrogen-bond donors (Lipinski definition) is 2. The first-order chi connectivity index (χ1) is 16.5. The SMILES string of the molecule is Cc1cc(Br)ccc1Nc1ncc2c(n1)-c1nn(C)c(C(=O)NCc3ccccc3)c1CCC2. The summed E-state index contributed by atoms with van der Waals surface area (Å²) in [4.78, 5) is 22.5. The van der Waals surface area contributed by atoms with E-state index in [0.717, 1.165) is 63.1 Å². The molecule has 4 aromatic rings. The zero-order valence-corrected chi connectivity index (χ0v) is 20.7. The average molecular weight is 517 g/mol. The molecule has 0 unspecified atom stereocenters. The van der Waals surface area contributed by atoms with E-state index in [1.807, 2.05) is 68.7 Å². The van der Waals surface area contributed by atoms with Gasteiger partial charge in [-0.2, -0.15) is 5.10 Å². The van der Waals surface area contributed by atoms with Crippen LogP contribution in [0.15, 0.2) is 59.2 Å². The van der Waals surface area contributed by atoms with E-state index in [4.69, 9.17) is 10.1 Å². The van der Waals surface area contributed by atoms with Gasteiger partial charge in [-0.15, -0.1) is 0 Å². The lowest BCUT2D eigenvalue weighted by molar-refractivity contribution is 0.0940. The lowest BCUT2D eigenvalue weighted by Crippen LogP contribution is -2.26. The molecule has 0 saturated heterocycles. The van der Waals surface area contributed by atoms with E-state index in [1.54, 1.807) is 4.68 Å². The van der Waals surface area contributed by atoms with Gasteiger partial charge >= 0.3 is 0 Å². The van der Waals surface area contributed by atoms with Crippen molar-refractivity contribution in [1.82, 2.24) is 25.1 Å². The standard InChI is InChI=1S/C26H25BrN6O/c1-16-13-19(27)11-12-21(16)30-26-29-15-18-9-6-10-20-23(22(18)31-26)32-33(2)24(20)25(34)28-14-17-7-4-3-5-8-17/h3-5,7-8,11-13,15H,6,9-10,14H2,1-2H3,(H,28,34)(H,29,30,31). The highest BCUT2D eigenvalue weighted by molar-refractivity contribution is 9.10. The van der Waals surface area contributed by atoms with Crippen molar-refractivity contribution in [2.45, 2.75) is 32.7 Å². The molecule has 2 heterocycles. The summed E-state index contributed by atoms with van der Waals surface area (Å²) >= 11 is 3.50. The number of aromatic nitrogens is 4. The molecule has 5 rings (SSSR count). The molecule has 1 amide bonds. The van der Waals surface area contributed by atoms with Gasteiger partial charge in [-0.3, -0.25) is 9.48 Å². The quantitative estimate of drug-likeness (QED) is 0.385. The second kappa shape index (κ2) is 9.38. The minimum Gasteiger partial charge on any atom is -0.347 e. The number of fused-ring (bicyclic) bond motifs is 3. The molecule has 0 atom stereocenters. The minimum atomic E-state index is -0.124. The third kappa shape index (κ3) is 4.46. The summed E-state index contributed by atoms with van der Waals surface area (Å²) in [5.41, 5.74) is 7.22. The van der Waals surface area contributed by atoms with Crippen LogP contribution in [-0.4, -0.2) is 25.7 Å². The second-order valence-electron chi connectivity index (χ2n) is 8.47. The first kappa shape index (κ1) is 22.3. The molecule has 0 bridgehead atoms. The van der Waals surface area contributed by atoms with Crippen molar-refractivity contribution in [2.75, 3.05) is 5.32 Å². The fourth-order valence-corrected chi connectivity index (χ4v) is 4.81. The predicted molar refractivity (Wildman–Crippen MR) is 136 cm³/mol. The number of nitrogens with zero attached hydrogens (tertiary/aromatic N) is 4. The Kier molecular flexibility index (Phi) is 6.15. The van der Waals surface area contributed by atoms with Crippen molar-refractivity contribution >= 4 is 33.5 Å². The summed E-state index contributed by atoms with van der Waals surface area (Å²) in [5, 5.41) is 11.1. The van der Waals surface area contributed by atoms with Gasteiger partial charge in [-0.05, 0) is 61.1 Å². The largest absolute Gasteiger partial charge is 0.347 e. The monoisotopic (exact) mass is 516 g/mol. The molecule has 2 N–H and O–H groups in total. The third-order valence-corrected chi connectivity index (χ3v) is 6.55. The van der Waals surface area contributed by atoms with Crippen LogP contribution in [0.3, 0.4) is 0 Å². The van der Waals surface area contributed by atoms with E-state index < -0.39 is 0 Å². The van der Waals surface area contributed by atoms with Crippen molar-refractivity contribution < 1.29 is 4.79 Å². The molecule has 0 spiro atoms. The van der Waals surface area contributed by atoms with Crippen molar-refractivity contribution in [3.05, 3.63) is 87.1 Å². The van der Waals surface area contributed by atoms with Gasteiger partial charge in [0.15, 0.2) is 0 Å². The van der Waals surface area contributed by atoms with Crippen LogP contribution in [0.5, 0.6) is 0 Å². The molecule has 7 nitrogen and oxygen atoms in total. The smallest absolute Gasteiger partial charge is 0.270 e. The highest BCUT2D eigenvalue weighted by Crippen LogP contribution is 2.33. The van der Waals surface area contributed by atoms with Crippen LogP contribution in [0.25, 0.3) is 11.4 Å². The fourth-order valence-electron chi connectivity index (χ4n) is 4.34. The zero-order chi connectivity index (χ0) is 23.7. The van der Waals surface area contributed by atoms with E-state index >= 15 is 0 Å². The summed E-state index contributed by atoms with van der Waals surface area (Å²) in [7, 11) is 1.82. The van der Waals surface area contributed by atoms with Gasteiger partial charge in [-0.25, -0.2) is 9.97 Å². The van der Waals surface area contributed by atoms with Gasteiger partial charge < -0.3 is 10.6 Å². The lowest BCUT2D eigenvalue weighted by atomic mass is 10.1. The Morgan fingerprint density at radius 2 is 1.94 bits per heavy atom. The first-order valence-electron chi connectivity index (χ1n) is 11.3. The molecule has 0 fully saturated rings. The number of hydrogen-bond acceptors (Lipinski definition) is 5. The fraction of sp³-hybridized carbons (Fsp3) is 0.231. The lowest BCUT2D eigenvalue weighted by Gasteiger charge is -2.11. The molecule has 8 heteroatoms. The van der Waals surface area contributed by atoms with E-state index in [1.165, 1.54) is 0 Å². The van der Waals surface area contributed by atoms with Crippen LogP contribution < -0.4 is 10.6 Å². The minimum absolute atomic E-state index is 0.124. The number of carbonyl (C=O) groups is 1. The Morgan fingerprint density at radius 1 is 1.12 bits per heavy atom. The first-order valence-corrected chi connectivity index (χ1v) is 12.1. The third-order valence-electron chi connectivity index (χ3n) is 6.05. The summed E-state index contributed by atoms with van der Waals surface area (Å²) in [6.07, 6.45) is 4.39. The molecule has 2 aromatic carbocycles. The molecule has 1 aliphatic rings. The number of halogens is 1. The van der Waals surface area contributed by atoms with Gasteiger partial charge in [0.25, 0.3) is 5.91 Å². The summed E-state index contributed by atoms with van der Waals surface area (Å²) in [6.45, 7) is 2.51. The molecule has 0 saturated carbocycles. The Bertz CT molecular complexity index is 1370. The molecule has 0 radical (unpaired) electrons. The maximum Gasteiger partial charge on any atom is 0.270 e. The number of anilines is 2. The van der Waals surface area contributed by atoms with Crippen molar-refractivity contribution in [1.29, 1.82) is 0 Å². The number of aryl methyl sites for hydroxylation is 3. The van der Waals surface area contributed by atoms with Crippen molar-refractivity contribution in [3.63, 3.8) is 0 Å². The summed E-state index contributed by atoms with van der Waals surface area (Å²) in [5.74, 6) is 0.388. The molecule has 172 valence electrons. The van der Waals surface area contributed by atoms with Crippen LogP contribution in [0, 0.1) is 6.92 Å². The summed E-state index contributed by atoms with van der Waals surface area (Å²) in [6, 6.07) is 15.9.